The first-order valence-corrected chi connectivity index (χ1v) is 7.72. The lowest BCUT2D eigenvalue weighted by atomic mass is 9.88. The zero-order chi connectivity index (χ0) is 15.6. The van der Waals surface area contributed by atoms with Gasteiger partial charge in [0.2, 0.25) is 0 Å². The van der Waals surface area contributed by atoms with Gasteiger partial charge < -0.3 is 16.4 Å². The number of aryl methyl sites for hydroxylation is 2. The number of amides is 1. The van der Waals surface area contributed by atoms with Crippen molar-refractivity contribution in [2.75, 3.05) is 18.0 Å². The quantitative estimate of drug-likeness (QED) is 0.884. The molecular weight excluding hydrogens is 264 g/mol. The summed E-state index contributed by atoms with van der Waals surface area (Å²) < 4.78 is 0. The second kappa shape index (κ2) is 6.43. The van der Waals surface area contributed by atoms with Crippen molar-refractivity contribution in [3.63, 3.8) is 0 Å². The lowest BCUT2D eigenvalue weighted by molar-refractivity contribution is 0.0999. The molecule has 1 aromatic heterocycles. The molecule has 1 saturated heterocycles. The largest absolute Gasteiger partial charge is 0.367 e. The molecule has 1 aliphatic rings. The van der Waals surface area contributed by atoms with Crippen LogP contribution in [-0.4, -0.2) is 30.0 Å². The molecule has 1 aromatic rings. The minimum atomic E-state index is -0.414. The Bertz CT molecular complexity index is 529. The number of pyridine rings is 1. The molecular formula is C16H26N4O. The van der Waals surface area contributed by atoms with Crippen LogP contribution >= 0.6 is 0 Å². The number of nitrogens with zero attached hydrogens (tertiary/aromatic N) is 2. The van der Waals surface area contributed by atoms with Crippen LogP contribution in [0.1, 0.15) is 47.9 Å². The zero-order valence-corrected chi connectivity index (χ0v) is 13.2. The molecule has 0 saturated carbocycles. The maximum atomic E-state index is 11.8. The Balaban J connectivity index is 2.42. The van der Waals surface area contributed by atoms with Crippen LogP contribution in [0.25, 0.3) is 0 Å². The molecule has 1 amide bonds. The highest BCUT2D eigenvalue weighted by atomic mass is 16.1. The standard InChI is InChI=1S/C16H26N4O/c1-4-12-5-6-20(13(8-12)9-17)14-7-10(2)19-11(3)15(14)16(18)21/h7,12-13H,4-6,8-9,17H2,1-3H3,(H2,18,21). The Morgan fingerprint density at radius 3 is 2.76 bits per heavy atom. The Morgan fingerprint density at radius 1 is 1.48 bits per heavy atom. The highest BCUT2D eigenvalue weighted by molar-refractivity contribution is 5.99. The fourth-order valence-corrected chi connectivity index (χ4v) is 3.38. The molecule has 2 heterocycles. The van der Waals surface area contributed by atoms with E-state index in [1.165, 1.54) is 6.42 Å². The molecule has 2 atom stereocenters. The molecule has 0 radical (unpaired) electrons. The lowest BCUT2D eigenvalue weighted by Gasteiger charge is -2.41. The summed E-state index contributed by atoms with van der Waals surface area (Å²) in [6, 6.07) is 2.23. The van der Waals surface area contributed by atoms with Gasteiger partial charge in [0.05, 0.1) is 16.9 Å². The fraction of sp³-hybridized carbons (Fsp3) is 0.625. The summed E-state index contributed by atoms with van der Waals surface area (Å²) in [6.45, 7) is 7.52. The molecule has 2 unspecified atom stereocenters. The van der Waals surface area contributed by atoms with Crippen LogP contribution in [0.2, 0.25) is 0 Å². The maximum Gasteiger partial charge on any atom is 0.252 e. The molecule has 5 nitrogen and oxygen atoms in total. The van der Waals surface area contributed by atoms with Crippen molar-refractivity contribution < 1.29 is 4.79 Å². The summed E-state index contributed by atoms with van der Waals surface area (Å²) in [4.78, 5) is 18.5. The van der Waals surface area contributed by atoms with Crippen LogP contribution in [0.5, 0.6) is 0 Å². The average molecular weight is 290 g/mol. The minimum absolute atomic E-state index is 0.267. The third-order valence-corrected chi connectivity index (χ3v) is 4.54. The third-order valence-electron chi connectivity index (χ3n) is 4.54. The summed E-state index contributed by atoms with van der Waals surface area (Å²) in [7, 11) is 0. The summed E-state index contributed by atoms with van der Waals surface area (Å²) in [6.07, 6.45) is 3.39. The summed E-state index contributed by atoms with van der Waals surface area (Å²) in [5.41, 5.74) is 14.6. The van der Waals surface area contributed by atoms with Crippen molar-refractivity contribution in [3.05, 3.63) is 23.0 Å². The number of aromatic nitrogens is 1. The van der Waals surface area contributed by atoms with Gasteiger partial charge in [-0.05, 0) is 38.7 Å². The first-order chi connectivity index (χ1) is 9.97. The molecule has 5 heteroatoms. The van der Waals surface area contributed by atoms with Crippen molar-refractivity contribution in [2.24, 2.45) is 17.4 Å². The zero-order valence-electron chi connectivity index (χ0n) is 13.2. The van der Waals surface area contributed by atoms with Crippen molar-refractivity contribution in [1.82, 2.24) is 4.98 Å². The lowest BCUT2D eigenvalue weighted by Crippen LogP contribution is -2.47. The molecule has 1 aliphatic heterocycles. The second-order valence-corrected chi connectivity index (χ2v) is 5.99. The van der Waals surface area contributed by atoms with E-state index in [2.05, 4.69) is 16.8 Å². The topological polar surface area (TPSA) is 85.2 Å². The van der Waals surface area contributed by atoms with E-state index in [4.69, 9.17) is 11.5 Å². The molecule has 0 aliphatic carbocycles. The molecule has 0 bridgehead atoms. The van der Waals surface area contributed by atoms with E-state index in [1.54, 1.807) is 0 Å². The van der Waals surface area contributed by atoms with Gasteiger partial charge in [0.25, 0.3) is 5.91 Å². The van der Waals surface area contributed by atoms with Crippen LogP contribution in [-0.2, 0) is 0 Å². The van der Waals surface area contributed by atoms with Crippen molar-refractivity contribution >= 4 is 11.6 Å². The van der Waals surface area contributed by atoms with E-state index in [0.29, 0.717) is 17.8 Å². The SMILES string of the molecule is CCC1CCN(c2cc(C)nc(C)c2C(N)=O)C(CN)C1. The number of hydrogen-bond donors (Lipinski definition) is 2. The van der Waals surface area contributed by atoms with Crippen LogP contribution in [0.3, 0.4) is 0 Å². The van der Waals surface area contributed by atoms with Gasteiger partial charge in [-0.15, -0.1) is 0 Å². The van der Waals surface area contributed by atoms with Crippen LogP contribution < -0.4 is 16.4 Å². The highest BCUT2D eigenvalue weighted by Crippen LogP contribution is 2.32. The van der Waals surface area contributed by atoms with Gasteiger partial charge in [-0.25, -0.2) is 0 Å². The highest BCUT2D eigenvalue weighted by Gasteiger charge is 2.29. The monoisotopic (exact) mass is 290 g/mol. The number of carbonyl (C=O) groups excluding carboxylic acids is 1. The van der Waals surface area contributed by atoms with Crippen LogP contribution in [0, 0.1) is 19.8 Å². The van der Waals surface area contributed by atoms with Gasteiger partial charge >= 0.3 is 0 Å². The van der Waals surface area contributed by atoms with Crippen molar-refractivity contribution in [2.45, 2.75) is 46.1 Å². The van der Waals surface area contributed by atoms with Gasteiger partial charge in [-0.2, -0.15) is 0 Å². The molecule has 1 fully saturated rings. The molecule has 4 N–H and O–H groups in total. The van der Waals surface area contributed by atoms with Gasteiger partial charge in [0.15, 0.2) is 0 Å². The average Bonchev–Trinajstić information content (AvgIpc) is 2.45. The van der Waals surface area contributed by atoms with Crippen molar-refractivity contribution in [3.8, 4) is 0 Å². The van der Waals surface area contributed by atoms with Gasteiger partial charge in [-0.1, -0.05) is 13.3 Å². The Hall–Kier alpha value is -1.62. The number of rotatable bonds is 4. The molecule has 2 rings (SSSR count). The van der Waals surface area contributed by atoms with Gasteiger partial charge in [-0.3, -0.25) is 9.78 Å². The molecule has 21 heavy (non-hydrogen) atoms. The number of carbonyl (C=O) groups is 1. The van der Waals surface area contributed by atoms with E-state index < -0.39 is 5.91 Å². The second-order valence-electron chi connectivity index (χ2n) is 5.99. The number of primary amides is 1. The first-order valence-electron chi connectivity index (χ1n) is 7.72. The summed E-state index contributed by atoms with van der Waals surface area (Å²) in [5, 5.41) is 0. The predicted octanol–water partition coefficient (Wildman–Crippen LogP) is 1.75. The van der Waals surface area contributed by atoms with Gasteiger partial charge in [0, 0.05) is 24.8 Å². The molecule has 116 valence electrons. The molecule has 0 spiro atoms. The van der Waals surface area contributed by atoms with E-state index in [-0.39, 0.29) is 6.04 Å². The van der Waals surface area contributed by atoms with Crippen LogP contribution in [0.4, 0.5) is 5.69 Å². The fourth-order valence-electron chi connectivity index (χ4n) is 3.38. The first kappa shape index (κ1) is 15.8. The summed E-state index contributed by atoms with van der Waals surface area (Å²) >= 11 is 0. The Labute approximate surface area is 126 Å². The summed E-state index contributed by atoms with van der Waals surface area (Å²) in [5.74, 6) is 0.305. The number of anilines is 1. The molecule has 0 aromatic carbocycles. The minimum Gasteiger partial charge on any atom is -0.367 e. The predicted molar refractivity (Wildman–Crippen MR) is 85.4 cm³/mol. The number of piperidine rings is 1. The Kier molecular flexibility index (Phi) is 4.83. The Morgan fingerprint density at radius 2 is 2.19 bits per heavy atom. The van der Waals surface area contributed by atoms with E-state index in [9.17, 15) is 4.79 Å². The number of hydrogen-bond acceptors (Lipinski definition) is 4. The smallest absolute Gasteiger partial charge is 0.252 e. The number of nitrogens with two attached hydrogens (primary N) is 2. The third kappa shape index (κ3) is 3.18. The van der Waals surface area contributed by atoms with Crippen molar-refractivity contribution in [1.29, 1.82) is 0 Å². The normalized spacial score (nSPS) is 22.4. The van der Waals surface area contributed by atoms with Crippen LogP contribution in [0.15, 0.2) is 6.07 Å². The van der Waals surface area contributed by atoms with E-state index in [0.717, 1.165) is 36.7 Å². The van der Waals surface area contributed by atoms with Gasteiger partial charge in [0.1, 0.15) is 0 Å². The van der Waals surface area contributed by atoms with E-state index >= 15 is 0 Å². The maximum absolute atomic E-state index is 11.8. The van der Waals surface area contributed by atoms with E-state index in [1.807, 2.05) is 19.9 Å².